The molecule has 0 bridgehead atoms. The normalized spacial score (nSPS) is 25.4. The van der Waals surface area contributed by atoms with Crippen LogP contribution in [-0.2, 0) is 11.3 Å². The van der Waals surface area contributed by atoms with Gasteiger partial charge < -0.3 is 14.2 Å². The van der Waals surface area contributed by atoms with Gasteiger partial charge in [-0.25, -0.2) is 9.97 Å². The first-order chi connectivity index (χ1) is 13.5. The van der Waals surface area contributed by atoms with Gasteiger partial charge in [0.25, 0.3) is 0 Å². The van der Waals surface area contributed by atoms with Crippen LogP contribution in [0.4, 0.5) is 5.95 Å². The van der Waals surface area contributed by atoms with Crippen molar-refractivity contribution in [2.24, 2.45) is 11.3 Å². The zero-order valence-electron chi connectivity index (χ0n) is 17.0. The van der Waals surface area contributed by atoms with Crippen molar-refractivity contribution >= 4 is 11.9 Å². The first-order valence-corrected chi connectivity index (χ1v) is 9.99. The van der Waals surface area contributed by atoms with E-state index in [1.54, 1.807) is 17.3 Å². The molecule has 150 valence electrons. The topological polar surface area (TPSA) is 65.7 Å². The van der Waals surface area contributed by atoms with Gasteiger partial charge in [0.05, 0.1) is 12.0 Å². The first kappa shape index (κ1) is 18.9. The molecule has 0 N–H and O–H groups in total. The SMILES string of the molecule is Cc1ccc(CN2CCC[C@]3(C(=O)N(C)C)CN(c4ncccn4)C[C@@H]3C2)o1. The number of carbonyl (C=O) groups excluding carboxylic acids is 1. The fourth-order valence-corrected chi connectivity index (χ4v) is 4.85. The van der Waals surface area contributed by atoms with Gasteiger partial charge >= 0.3 is 0 Å². The minimum absolute atomic E-state index is 0.228. The average Bonchev–Trinajstić information content (AvgIpc) is 3.21. The van der Waals surface area contributed by atoms with Crippen LogP contribution in [-0.4, -0.2) is 65.9 Å². The number of hydrogen-bond acceptors (Lipinski definition) is 6. The third kappa shape index (κ3) is 3.51. The Morgan fingerprint density at radius 2 is 2.07 bits per heavy atom. The number of furan rings is 1. The van der Waals surface area contributed by atoms with Crippen LogP contribution in [0.5, 0.6) is 0 Å². The highest BCUT2D eigenvalue weighted by Gasteiger charge is 2.54. The highest BCUT2D eigenvalue weighted by molar-refractivity contribution is 5.84. The highest BCUT2D eigenvalue weighted by Crippen LogP contribution is 2.44. The molecule has 2 aliphatic heterocycles. The standard InChI is InChI=1S/C21H29N5O2/c1-16-6-7-18(28-16)14-25-11-4-8-21(19(27)24(2)3)15-26(13-17(21)12-25)20-22-9-5-10-23-20/h5-7,9-10,17H,4,8,11-15H2,1-3H3/t17-,21-/m0/s1. The predicted molar refractivity (Wildman–Crippen MR) is 107 cm³/mol. The third-order valence-electron chi connectivity index (χ3n) is 6.11. The molecule has 1 amide bonds. The summed E-state index contributed by atoms with van der Waals surface area (Å²) in [5.74, 6) is 3.12. The fourth-order valence-electron chi connectivity index (χ4n) is 4.85. The Morgan fingerprint density at radius 1 is 1.29 bits per heavy atom. The number of anilines is 1. The number of fused-ring (bicyclic) bond motifs is 1. The van der Waals surface area contributed by atoms with Crippen LogP contribution in [0.2, 0.25) is 0 Å². The molecule has 2 saturated heterocycles. The summed E-state index contributed by atoms with van der Waals surface area (Å²) in [7, 11) is 3.73. The van der Waals surface area contributed by atoms with Crippen molar-refractivity contribution in [3.63, 3.8) is 0 Å². The number of rotatable bonds is 4. The van der Waals surface area contributed by atoms with Crippen LogP contribution >= 0.6 is 0 Å². The lowest BCUT2D eigenvalue weighted by Gasteiger charge is -2.34. The van der Waals surface area contributed by atoms with Gasteiger partial charge in [-0.2, -0.15) is 0 Å². The number of nitrogens with zero attached hydrogens (tertiary/aromatic N) is 5. The van der Waals surface area contributed by atoms with Crippen LogP contribution in [0.15, 0.2) is 35.0 Å². The van der Waals surface area contributed by atoms with Crippen LogP contribution in [0.25, 0.3) is 0 Å². The number of aromatic nitrogens is 2. The molecule has 2 atom stereocenters. The van der Waals surface area contributed by atoms with Gasteiger partial charge in [0.2, 0.25) is 11.9 Å². The molecule has 7 nitrogen and oxygen atoms in total. The molecular weight excluding hydrogens is 354 g/mol. The highest BCUT2D eigenvalue weighted by atomic mass is 16.3. The van der Waals surface area contributed by atoms with Gasteiger partial charge in [0.15, 0.2) is 0 Å². The number of aryl methyl sites for hydroxylation is 1. The molecular formula is C21H29N5O2. The van der Waals surface area contributed by atoms with E-state index in [0.29, 0.717) is 6.54 Å². The number of hydrogen-bond donors (Lipinski definition) is 0. The van der Waals surface area contributed by atoms with Crippen molar-refractivity contribution in [2.75, 3.05) is 45.2 Å². The van der Waals surface area contributed by atoms with Crippen LogP contribution in [0, 0.1) is 18.3 Å². The van der Waals surface area contributed by atoms with Gasteiger partial charge in [-0.15, -0.1) is 0 Å². The molecule has 0 aromatic carbocycles. The second kappa shape index (κ2) is 7.54. The lowest BCUT2D eigenvalue weighted by molar-refractivity contribution is -0.141. The van der Waals surface area contributed by atoms with Crippen LogP contribution < -0.4 is 4.90 Å². The molecule has 2 fully saturated rings. The molecule has 4 rings (SSSR count). The maximum Gasteiger partial charge on any atom is 0.230 e. The zero-order chi connectivity index (χ0) is 19.7. The quantitative estimate of drug-likeness (QED) is 0.806. The third-order valence-corrected chi connectivity index (χ3v) is 6.11. The lowest BCUT2D eigenvalue weighted by atomic mass is 9.74. The Morgan fingerprint density at radius 3 is 2.75 bits per heavy atom. The van der Waals surface area contributed by atoms with E-state index in [4.69, 9.17) is 4.42 Å². The van der Waals surface area contributed by atoms with Crippen LogP contribution in [0.1, 0.15) is 24.4 Å². The Kier molecular flexibility index (Phi) is 5.10. The zero-order valence-corrected chi connectivity index (χ0v) is 17.0. The van der Waals surface area contributed by atoms with Crippen molar-refractivity contribution in [2.45, 2.75) is 26.3 Å². The van der Waals surface area contributed by atoms with Gasteiger partial charge in [0, 0.05) is 52.0 Å². The van der Waals surface area contributed by atoms with Crippen LogP contribution in [0.3, 0.4) is 0 Å². The summed E-state index contributed by atoms with van der Waals surface area (Å²) < 4.78 is 5.79. The molecule has 0 aliphatic carbocycles. The predicted octanol–water partition coefficient (Wildman–Crippen LogP) is 2.18. The summed E-state index contributed by atoms with van der Waals surface area (Å²) in [6.07, 6.45) is 5.43. The Labute approximate surface area is 166 Å². The molecule has 2 aromatic heterocycles. The maximum absolute atomic E-state index is 13.3. The summed E-state index contributed by atoms with van der Waals surface area (Å²) in [5.41, 5.74) is -0.378. The molecule has 0 unspecified atom stereocenters. The van der Waals surface area contributed by atoms with Gasteiger partial charge in [-0.05, 0) is 44.5 Å². The van der Waals surface area contributed by atoms with Crippen molar-refractivity contribution in [3.8, 4) is 0 Å². The molecule has 2 aliphatic rings. The molecule has 28 heavy (non-hydrogen) atoms. The second-order valence-corrected chi connectivity index (χ2v) is 8.33. The van der Waals surface area contributed by atoms with E-state index in [2.05, 4.69) is 25.8 Å². The summed E-state index contributed by atoms with van der Waals surface area (Å²) in [4.78, 5) is 28.6. The monoisotopic (exact) mass is 383 g/mol. The van der Waals surface area contributed by atoms with Gasteiger partial charge in [-0.3, -0.25) is 9.69 Å². The molecule has 0 spiro atoms. The average molecular weight is 383 g/mol. The van der Waals surface area contributed by atoms with E-state index in [1.807, 2.05) is 33.2 Å². The summed E-state index contributed by atoms with van der Waals surface area (Å²) in [6, 6.07) is 5.89. The minimum atomic E-state index is -0.378. The smallest absolute Gasteiger partial charge is 0.230 e. The van der Waals surface area contributed by atoms with Crippen molar-refractivity contribution in [1.82, 2.24) is 19.8 Å². The Hall–Kier alpha value is -2.41. The van der Waals surface area contributed by atoms with Crippen molar-refractivity contribution in [3.05, 3.63) is 42.1 Å². The molecule has 0 saturated carbocycles. The van der Waals surface area contributed by atoms with Gasteiger partial charge in [-0.1, -0.05) is 0 Å². The summed E-state index contributed by atoms with van der Waals surface area (Å²) in [5, 5.41) is 0. The fraction of sp³-hybridized carbons (Fsp3) is 0.571. The van der Waals surface area contributed by atoms with Gasteiger partial charge in [0.1, 0.15) is 11.5 Å². The van der Waals surface area contributed by atoms with Crippen molar-refractivity contribution < 1.29 is 9.21 Å². The summed E-state index contributed by atoms with van der Waals surface area (Å²) >= 11 is 0. The Balaban J connectivity index is 1.59. The van der Waals surface area contributed by atoms with Crippen molar-refractivity contribution in [1.29, 1.82) is 0 Å². The minimum Gasteiger partial charge on any atom is -0.465 e. The van der Waals surface area contributed by atoms with E-state index in [9.17, 15) is 4.79 Å². The van der Waals surface area contributed by atoms with E-state index in [-0.39, 0.29) is 17.2 Å². The molecule has 7 heteroatoms. The molecule has 4 heterocycles. The number of amides is 1. The second-order valence-electron chi connectivity index (χ2n) is 8.33. The molecule has 0 radical (unpaired) electrons. The van der Waals surface area contributed by atoms with E-state index >= 15 is 0 Å². The first-order valence-electron chi connectivity index (χ1n) is 9.99. The number of likely N-dealkylation sites (tertiary alicyclic amines) is 1. The van der Waals surface area contributed by atoms with E-state index in [0.717, 1.165) is 56.5 Å². The summed E-state index contributed by atoms with van der Waals surface area (Å²) in [6.45, 7) is 6.12. The van der Waals surface area contributed by atoms with E-state index < -0.39 is 0 Å². The largest absolute Gasteiger partial charge is 0.465 e. The maximum atomic E-state index is 13.3. The molecule has 2 aromatic rings. The lowest BCUT2D eigenvalue weighted by Crippen LogP contribution is -2.47. The Bertz CT molecular complexity index is 821. The van der Waals surface area contributed by atoms with E-state index in [1.165, 1.54) is 0 Å². The number of carbonyl (C=O) groups is 1.